The van der Waals surface area contributed by atoms with Gasteiger partial charge in [0.15, 0.2) is 0 Å². The van der Waals surface area contributed by atoms with Crippen molar-refractivity contribution in [3.63, 3.8) is 0 Å². The molecule has 0 saturated heterocycles. The Bertz CT molecular complexity index is 408. The second kappa shape index (κ2) is 9.40. The highest BCUT2D eigenvalue weighted by molar-refractivity contribution is 5.81. The molecule has 0 spiro atoms. The highest BCUT2D eigenvalue weighted by atomic mass is 16.2. The third-order valence-corrected chi connectivity index (χ3v) is 3.98. The molecule has 1 aromatic carbocycles. The Kier molecular flexibility index (Phi) is 7.83. The van der Waals surface area contributed by atoms with Crippen molar-refractivity contribution in [2.75, 3.05) is 25.0 Å². The first-order valence-corrected chi connectivity index (χ1v) is 7.85. The van der Waals surface area contributed by atoms with Crippen LogP contribution in [0.15, 0.2) is 30.3 Å². The molecule has 1 rings (SSSR count). The van der Waals surface area contributed by atoms with Crippen LogP contribution in [0.25, 0.3) is 0 Å². The summed E-state index contributed by atoms with van der Waals surface area (Å²) in [4.78, 5) is 14.0. The van der Waals surface area contributed by atoms with Crippen LogP contribution in [0.5, 0.6) is 0 Å². The number of rotatable bonds is 9. The summed E-state index contributed by atoms with van der Waals surface area (Å²) in [6, 6.07) is 9.93. The molecular formula is C17H29N3O. The van der Waals surface area contributed by atoms with E-state index in [0.717, 1.165) is 25.8 Å². The molecule has 0 aliphatic carbocycles. The average Bonchev–Trinajstić information content (AvgIpc) is 2.53. The van der Waals surface area contributed by atoms with Gasteiger partial charge in [0, 0.05) is 25.8 Å². The van der Waals surface area contributed by atoms with E-state index in [1.807, 2.05) is 25.1 Å². The number of unbranched alkanes of at least 4 members (excludes halogenated alkanes) is 1. The van der Waals surface area contributed by atoms with Crippen molar-refractivity contribution in [1.82, 2.24) is 5.32 Å². The van der Waals surface area contributed by atoms with Crippen LogP contribution < -0.4 is 16.0 Å². The normalized spacial score (nSPS) is 13.5. The maximum absolute atomic E-state index is 11.8. The summed E-state index contributed by atoms with van der Waals surface area (Å²) in [5.74, 6) is 0.204. The minimum atomic E-state index is -0.387. The van der Waals surface area contributed by atoms with Crippen LogP contribution >= 0.6 is 0 Å². The zero-order valence-corrected chi connectivity index (χ0v) is 13.5. The monoisotopic (exact) mass is 291 g/mol. The van der Waals surface area contributed by atoms with E-state index in [2.05, 4.69) is 36.3 Å². The molecule has 2 unspecified atom stereocenters. The molecule has 1 amide bonds. The molecule has 21 heavy (non-hydrogen) atoms. The predicted molar refractivity (Wildman–Crippen MR) is 89.4 cm³/mol. The standard InChI is InChI=1S/C17H29N3O/c1-4-14(2)16(18)17(21)19-12-8-9-13-20(3)15-10-6-5-7-11-15/h5-7,10-11,14,16H,4,8-9,12-13,18H2,1-3H3,(H,19,21). The van der Waals surface area contributed by atoms with E-state index < -0.39 is 0 Å². The smallest absolute Gasteiger partial charge is 0.237 e. The predicted octanol–water partition coefficient (Wildman–Crippen LogP) is 2.39. The fourth-order valence-corrected chi connectivity index (χ4v) is 2.13. The lowest BCUT2D eigenvalue weighted by Crippen LogP contribution is -2.44. The molecule has 4 nitrogen and oxygen atoms in total. The van der Waals surface area contributed by atoms with Crippen LogP contribution in [-0.4, -0.2) is 32.1 Å². The van der Waals surface area contributed by atoms with Gasteiger partial charge in [0.25, 0.3) is 0 Å². The lowest BCUT2D eigenvalue weighted by Gasteiger charge is -2.20. The number of hydrogen-bond acceptors (Lipinski definition) is 3. The summed E-state index contributed by atoms with van der Waals surface area (Å²) < 4.78 is 0. The van der Waals surface area contributed by atoms with Crippen LogP contribution in [0, 0.1) is 5.92 Å². The van der Waals surface area contributed by atoms with E-state index in [-0.39, 0.29) is 17.9 Å². The van der Waals surface area contributed by atoms with E-state index in [9.17, 15) is 4.79 Å². The van der Waals surface area contributed by atoms with Gasteiger partial charge in [-0.2, -0.15) is 0 Å². The number of hydrogen-bond donors (Lipinski definition) is 2. The van der Waals surface area contributed by atoms with Crippen LogP contribution in [0.3, 0.4) is 0 Å². The van der Waals surface area contributed by atoms with Gasteiger partial charge in [-0.25, -0.2) is 0 Å². The SMILES string of the molecule is CCC(C)C(N)C(=O)NCCCCN(C)c1ccccc1. The Morgan fingerprint density at radius 2 is 1.95 bits per heavy atom. The summed E-state index contributed by atoms with van der Waals surface area (Å²) in [6.45, 7) is 5.75. The number of anilines is 1. The molecule has 1 aromatic rings. The molecule has 4 heteroatoms. The second-order valence-corrected chi connectivity index (χ2v) is 5.67. The number of nitrogens with zero attached hydrogens (tertiary/aromatic N) is 1. The fourth-order valence-electron chi connectivity index (χ4n) is 2.13. The molecule has 0 aliphatic heterocycles. The lowest BCUT2D eigenvalue weighted by atomic mass is 9.99. The Morgan fingerprint density at radius 3 is 2.57 bits per heavy atom. The number of benzene rings is 1. The van der Waals surface area contributed by atoms with Crippen LogP contribution in [0.1, 0.15) is 33.1 Å². The number of nitrogens with two attached hydrogens (primary N) is 1. The number of carbonyl (C=O) groups is 1. The van der Waals surface area contributed by atoms with Crippen molar-refractivity contribution in [3.8, 4) is 0 Å². The molecule has 0 saturated carbocycles. The Labute approximate surface area is 128 Å². The molecular weight excluding hydrogens is 262 g/mol. The summed E-state index contributed by atoms with van der Waals surface area (Å²) >= 11 is 0. The minimum absolute atomic E-state index is 0.0271. The summed E-state index contributed by atoms with van der Waals surface area (Å²) in [5.41, 5.74) is 7.11. The Balaban J connectivity index is 2.16. The van der Waals surface area contributed by atoms with Crippen molar-refractivity contribution in [2.24, 2.45) is 11.7 Å². The Morgan fingerprint density at radius 1 is 1.29 bits per heavy atom. The number of para-hydroxylation sites is 1. The molecule has 0 bridgehead atoms. The van der Waals surface area contributed by atoms with Gasteiger partial charge in [-0.05, 0) is 30.9 Å². The van der Waals surface area contributed by atoms with E-state index in [4.69, 9.17) is 5.73 Å². The first-order valence-electron chi connectivity index (χ1n) is 7.85. The van der Waals surface area contributed by atoms with Crippen LogP contribution in [0.2, 0.25) is 0 Å². The summed E-state index contributed by atoms with van der Waals surface area (Å²) in [7, 11) is 2.09. The van der Waals surface area contributed by atoms with Crippen molar-refractivity contribution in [2.45, 2.75) is 39.2 Å². The van der Waals surface area contributed by atoms with Crippen molar-refractivity contribution >= 4 is 11.6 Å². The Hall–Kier alpha value is -1.55. The van der Waals surface area contributed by atoms with Gasteiger partial charge in [0.2, 0.25) is 5.91 Å². The van der Waals surface area contributed by atoms with Gasteiger partial charge >= 0.3 is 0 Å². The third-order valence-electron chi connectivity index (χ3n) is 3.98. The van der Waals surface area contributed by atoms with E-state index in [1.165, 1.54) is 5.69 Å². The van der Waals surface area contributed by atoms with E-state index >= 15 is 0 Å². The van der Waals surface area contributed by atoms with Gasteiger partial charge in [-0.1, -0.05) is 38.5 Å². The topological polar surface area (TPSA) is 58.4 Å². The van der Waals surface area contributed by atoms with Crippen molar-refractivity contribution < 1.29 is 4.79 Å². The van der Waals surface area contributed by atoms with Gasteiger partial charge < -0.3 is 16.0 Å². The van der Waals surface area contributed by atoms with Gasteiger partial charge in [-0.15, -0.1) is 0 Å². The van der Waals surface area contributed by atoms with Gasteiger partial charge in [0.1, 0.15) is 0 Å². The first-order chi connectivity index (χ1) is 10.1. The number of amides is 1. The molecule has 0 aliphatic rings. The third kappa shape index (κ3) is 6.17. The maximum Gasteiger partial charge on any atom is 0.237 e. The summed E-state index contributed by atoms with van der Waals surface area (Å²) in [6.07, 6.45) is 2.94. The van der Waals surface area contributed by atoms with Crippen LogP contribution in [-0.2, 0) is 4.79 Å². The quantitative estimate of drug-likeness (QED) is 0.687. The van der Waals surface area contributed by atoms with Crippen LogP contribution in [0.4, 0.5) is 5.69 Å². The van der Waals surface area contributed by atoms with Crippen molar-refractivity contribution in [3.05, 3.63) is 30.3 Å². The zero-order chi connectivity index (χ0) is 15.7. The average molecular weight is 291 g/mol. The van der Waals surface area contributed by atoms with Gasteiger partial charge in [-0.3, -0.25) is 4.79 Å². The van der Waals surface area contributed by atoms with Gasteiger partial charge in [0.05, 0.1) is 6.04 Å². The molecule has 3 N–H and O–H groups in total. The molecule has 118 valence electrons. The fraction of sp³-hybridized carbons (Fsp3) is 0.588. The molecule has 0 radical (unpaired) electrons. The highest BCUT2D eigenvalue weighted by Crippen LogP contribution is 2.11. The lowest BCUT2D eigenvalue weighted by molar-refractivity contribution is -0.123. The van der Waals surface area contributed by atoms with E-state index in [0.29, 0.717) is 6.54 Å². The molecule has 0 aromatic heterocycles. The summed E-state index contributed by atoms with van der Waals surface area (Å²) in [5, 5.41) is 2.93. The maximum atomic E-state index is 11.8. The van der Waals surface area contributed by atoms with E-state index in [1.54, 1.807) is 0 Å². The highest BCUT2D eigenvalue weighted by Gasteiger charge is 2.18. The molecule has 0 heterocycles. The van der Waals surface area contributed by atoms with Crippen molar-refractivity contribution in [1.29, 1.82) is 0 Å². The largest absolute Gasteiger partial charge is 0.375 e. The molecule has 0 fully saturated rings. The number of nitrogens with one attached hydrogen (secondary N) is 1. The minimum Gasteiger partial charge on any atom is -0.375 e. The second-order valence-electron chi connectivity index (χ2n) is 5.67. The molecule has 2 atom stereocenters. The first kappa shape index (κ1) is 17.5. The number of carbonyl (C=O) groups excluding carboxylic acids is 1. The zero-order valence-electron chi connectivity index (χ0n) is 13.5.